The van der Waals surface area contributed by atoms with Gasteiger partial charge < -0.3 is 15.8 Å². The van der Waals surface area contributed by atoms with E-state index in [1.165, 1.54) is 4.57 Å². The molecule has 0 aliphatic carbocycles. The summed E-state index contributed by atoms with van der Waals surface area (Å²) < 4.78 is 7.02. The summed E-state index contributed by atoms with van der Waals surface area (Å²) in [5.41, 5.74) is 5.99. The number of pyridine rings is 1. The topological polar surface area (TPSA) is 137 Å². The second-order valence-electron chi connectivity index (χ2n) is 6.80. The van der Waals surface area contributed by atoms with Crippen LogP contribution in [0.2, 0.25) is 5.02 Å². The molecule has 0 bridgehead atoms. The number of ether oxygens (including phenoxy) is 1. The summed E-state index contributed by atoms with van der Waals surface area (Å²) in [4.78, 5) is 28.3. The summed E-state index contributed by atoms with van der Waals surface area (Å²) in [6, 6.07) is 18.5. The number of halogens is 1. The number of nitrogens with one attached hydrogen (secondary N) is 2. The van der Waals surface area contributed by atoms with Crippen molar-refractivity contribution in [2.45, 2.75) is 6.54 Å². The van der Waals surface area contributed by atoms with E-state index in [1.807, 2.05) is 6.07 Å². The van der Waals surface area contributed by atoms with Crippen LogP contribution in [0.15, 0.2) is 77.7 Å². The maximum absolute atomic E-state index is 12.9. The van der Waals surface area contributed by atoms with E-state index < -0.39 is 11.6 Å². The molecular weight excluding hydrogens is 446 g/mol. The van der Waals surface area contributed by atoms with Gasteiger partial charge in [0.2, 0.25) is 17.6 Å². The van der Waals surface area contributed by atoms with E-state index in [-0.39, 0.29) is 18.3 Å². The molecule has 2 aromatic heterocycles. The Morgan fingerprint density at radius 2 is 1.79 bits per heavy atom. The molecule has 0 saturated carbocycles. The number of benzene rings is 2. The second kappa shape index (κ2) is 9.79. The summed E-state index contributed by atoms with van der Waals surface area (Å²) in [5, 5.41) is 13.7. The first-order valence-electron chi connectivity index (χ1n) is 9.72. The Morgan fingerprint density at radius 1 is 1.03 bits per heavy atom. The van der Waals surface area contributed by atoms with Crippen molar-refractivity contribution in [3.8, 4) is 11.6 Å². The number of primary amides is 1. The molecule has 10 nitrogen and oxygen atoms in total. The standard InChI is InChI=1S/C22H18ClN7O3/c23-15-6-4-14(5-7-15)13-30-20(31)19(27-21(24)32)28-29-22(30)26-16-8-10-17(11-9-16)33-18-3-1-2-12-25-18/h1-12H,13H2,(H,26,29)(H3,24,27,28,32). The van der Waals surface area contributed by atoms with Gasteiger partial charge in [-0.05, 0) is 48.0 Å². The lowest BCUT2D eigenvalue weighted by Crippen LogP contribution is -2.32. The van der Waals surface area contributed by atoms with Crippen molar-refractivity contribution < 1.29 is 9.53 Å². The molecule has 0 radical (unpaired) electrons. The summed E-state index contributed by atoms with van der Waals surface area (Å²) in [6.45, 7) is 0.155. The molecule has 4 aromatic rings. The molecule has 2 aromatic carbocycles. The van der Waals surface area contributed by atoms with Crippen molar-refractivity contribution >= 4 is 35.1 Å². The first kappa shape index (κ1) is 21.8. The molecule has 0 aliphatic rings. The largest absolute Gasteiger partial charge is 0.439 e. The molecule has 0 fully saturated rings. The Hall–Kier alpha value is -4.44. The SMILES string of the molecule is NC(=O)Nc1nnc(Nc2ccc(Oc3ccccn3)cc2)n(Cc2ccc(Cl)cc2)c1=O. The number of anilines is 3. The molecule has 4 rings (SSSR count). The van der Waals surface area contributed by atoms with Gasteiger partial charge in [0.15, 0.2) is 0 Å². The number of carbonyl (C=O) groups is 1. The number of nitrogens with zero attached hydrogens (tertiary/aromatic N) is 4. The van der Waals surface area contributed by atoms with Gasteiger partial charge in [0.05, 0.1) is 6.54 Å². The third kappa shape index (κ3) is 5.63. The quantitative estimate of drug-likeness (QED) is 0.379. The maximum atomic E-state index is 12.9. The zero-order valence-corrected chi connectivity index (χ0v) is 17.9. The summed E-state index contributed by atoms with van der Waals surface area (Å²) in [7, 11) is 0. The molecule has 2 heterocycles. The average molecular weight is 464 g/mol. The minimum atomic E-state index is -0.913. The number of aromatic nitrogens is 4. The van der Waals surface area contributed by atoms with Crippen molar-refractivity contribution in [3.63, 3.8) is 0 Å². The number of rotatable bonds is 7. The second-order valence-corrected chi connectivity index (χ2v) is 7.24. The van der Waals surface area contributed by atoms with Gasteiger partial charge in [-0.25, -0.2) is 9.78 Å². The lowest BCUT2D eigenvalue weighted by Gasteiger charge is -2.14. The number of hydrogen-bond acceptors (Lipinski definition) is 7. The third-order valence-electron chi connectivity index (χ3n) is 4.41. The van der Waals surface area contributed by atoms with Gasteiger partial charge in [0.25, 0.3) is 5.56 Å². The lowest BCUT2D eigenvalue weighted by molar-refractivity contribution is 0.259. The highest BCUT2D eigenvalue weighted by Gasteiger charge is 2.14. The first-order chi connectivity index (χ1) is 16.0. The monoisotopic (exact) mass is 463 g/mol. The number of nitrogens with two attached hydrogens (primary N) is 1. The van der Waals surface area contributed by atoms with Gasteiger partial charge in [0, 0.05) is 23.0 Å². The minimum Gasteiger partial charge on any atom is -0.439 e. The van der Waals surface area contributed by atoms with Gasteiger partial charge in [-0.1, -0.05) is 29.8 Å². The van der Waals surface area contributed by atoms with Crippen LogP contribution < -0.4 is 26.7 Å². The first-order valence-corrected chi connectivity index (χ1v) is 10.1. The summed E-state index contributed by atoms with van der Waals surface area (Å²) in [5.74, 6) is 0.952. The Kier molecular flexibility index (Phi) is 6.46. The zero-order chi connectivity index (χ0) is 23.2. The van der Waals surface area contributed by atoms with Gasteiger partial charge in [0.1, 0.15) is 5.75 Å². The molecule has 11 heteroatoms. The van der Waals surface area contributed by atoms with Crippen LogP contribution in [0.3, 0.4) is 0 Å². The van der Waals surface area contributed by atoms with Gasteiger partial charge in [-0.15, -0.1) is 10.2 Å². The van der Waals surface area contributed by atoms with Crippen LogP contribution in [-0.4, -0.2) is 25.8 Å². The smallest absolute Gasteiger partial charge is 0.317 e. The van der Waals surface area contributed by atoms with E-state index in [9.17, 15) is 9.59 Å². The maximum Gasteiger partial charge on any atom is 0.317 e. The van der Waals surface area contributed by atoms with Crippen LogP contribution in [0, 0.1) is 0 Å². The molecule has 0 unspecified atom stereocenters. The zero-order valence-electron chi connectivity index (χ0n) is 17.1. The van der Waals surface area contributed by atoms with E-state index in [4.69, 9.17) is 22.1 Å². The Bertz CT molecular complexity index is 1310. The van der Waals surface area contributed by atoms with Crippen molar-refractivity contribution in [2.75, 3.05) is 10.6 Å². The molecule has 0 aliphatic heterocycles. The van der Waals surface area contributed by atoms with Crippen LogP contribution in [-0.2, 0) is 6.54 Å². The minimum absolute atomic E-state index is 0.155. The fourth-order valence-corrected chi connectivity index (χ4v) is 3.01. The molecule has 0 spiro atoms. The molecule has 4 N–H and O–H groups in total. The fourth-order valence-electron chi connectivity index (χ4n) is 2.89. The third-order valence-corrected chi connectivity index (χ3v) is 4.67. The van der Waals surface area contributed by atoms with E-state index in [2.05, 4.69) is 25.8 Å². The molecule has 0 saturated heterocycles. The summed E-state index contributed by atoms with van der Waals surface area (Å²) >= 11 is 5.95. The van der Waals surface area contributed by atoms with Crippen LogP contribution in [0.1, 0.15) is 5.56 Å². The molecule has 0 atom stereocenters. The Labute approximate surface area is 193 Å². The molecule has 2 amide bonds. The van der Waals surface area contributed by atoms with Crippen LogP contribution in [0.25, 0.3) is 0 Å². The predicted molar refractivity (Wildman–Crippen MR) is 124 cm³/mol. The van der Waals surface area contributed by atoms with E-state index in [0.29, 0.717) is 22.3 Å². The van der Waals surface area contributed by atoms with Crippen molar-refractivity contribution in [1.29, 1.82) is 0 Å². The predicted octanol–water partition coefficient (Wildman–Crippen LogP) is 3.76. The van der Waals surface area contributed by atoms with Crippen molar-refractivity contribution in [3.05, 3.63) is 93.9 Å². The van der Waals surface area contributed by atoms with Crippen LogP contribution in [0.5, 0.6) is 11.6 Å². The highest BCUT2D eigenvalue weighted by atomic mass is 35.5. The molecule has 33 heavy (non-hydrogen) atoms. The number of carbonyl (C=O) groups excluding carboxylic acids is 1. The van der Waals surface area contributed by atoms with Gasteiger partial charge in [-0.3, -0.25) is 14.7 Å². The number of hydrogen-bond donors (Lipinski definition) is 3. The highest BCUT2D eigenvalue weighted by Crippen LogP contribution is 2.23. The molecule has 166 valence electrons. The Balaban J connectivity index is 1.60. The summed E-state index contributed by atoms with van der Waals surface area (Å²) in [6.07, 6.45) is 1.64. The number of amides is 2. The van der Waals surface area contributed by atoms with E-state index in [0.717, 1.165) is 5.56 Å². The molecular formula is C22H18ClN7O3. The van der Waals surface area contributed by atoms with E-state index in [1.54, 1.807) is 66.9 Å². The number of urea groups is 1. The van der Waals surface area contributed by atoms with Gasteiger partial charge >= 0.3 is 6.03 Å². The fraction of sp³-hybridized carbons (Fsp3) is 0.0455. The average Bonchev–Trinajstić information content (AvgIpc) is 2.81. The Morgan fingerprint density at radius 3 is 2.45 bits per heavy atom. The highest BCUT2D eigenvalue weighted by molar-refractivity contribution is 6.30. The van der Waals surface area contributed by atoms with Crippen LogP contribution in [0.4, 0.5) is 22.2 Å². The lowest BCUT2D eigenvalue weighted by atomic mass is 10.2. The van der Waals surface area contributed by atoms with Gasteiger partial charge in [-0.2, -0.15) is 0 Å². The normalized spacial score (nSPS) is 10.5. The van der Waals surface area contributed by atoms with E-state index >= 15 is 0 Å². The van der Waals surface area contributed by atoms with Crippen molar-refractivity contribution in [1.82, 2.24) is 19.7 Å². The van der Waals surface area contributed by atoms with Crippen LogP contribution >= 0.6 is 11.6 Å². The van der Waals surface area contributed by atoms with Crippen molar-refractivity contribution in [2.24, 2.45) is 5.73 Å².